The lowest BCUT2D eigenvalue weighted by atomic mass is 9.74. The third kappa shape index (κ3) is 2.75. The summed E-state index contributed by atoms with van der Waals surface area (Å²) in [7, 11) is 1.51. The second-order valence-corrected chi connectivity index (χ2v) is 4.99. The molecule has 0 aliphatic heterocycles. The van der Waals surface area contributed by atoms with Crippen molar-refractivity contribution in [3.05, 3.63) is 42.5 Å². The first kappa shape index (κ1) is 16.5. The van der Waals surface area contributed by atoms with Crippen molar-refractivity contribution in [2.45, 2.75) is 19.4 Å². The summed E-state index contributed by atoms with van der Waals surface area (Å²) in [5, 5.41) is 23.3. The molecule has 2 rings (SSSR count). The maximum absolute atomic E-state index is 11.9. The molecule has 1 heterocycles. The fraction of sp³-hybridized carbons (Fsp3) is 0.333. The van der Waals surface area contributed by atoms with Gasteiger partial charge in [-0.15, -0.1) is 0 Å². The largest absolute Gasteiger partial charge is 0.497 e. The molecule has 1 aromatic carbocycles. The van der Waals surface area contributed by atoms with Crippen molar-refractivity contribution >= 4 is 11.9 Å². The lowest BCUT2D eigenvalue weighted by Gasteiger charge is -2.32. The number of ether oxygens (including phenoxy) is 1. The van der Waals surface area contributed by atoms with E-state index in [1.54, 1.807) is 24.3 Å². The standard InChI is InChI=1S/C15H17N3O5/c1-3-15(13(19)20,14(21)22)12(18-9-16-8-17-18)10-4-6-11(23-2)7-5-10/h4-9,12H,3H2,1-2H3,(H,19,20)(H,21,22). The van der Waals surface area contributed by atoms with Gasteiger partial charge in [0.15, 0.2) is 5.41 Å². The van der Waals surface area contributed by atoms with Crippen molar-refractivity contribution < 1.29 is 24.5 Å². The lowest BCUT2D eigenvalue weighted by Crippen LogP contribution is -2.47. The number of aliphatic carboxylic acids is 2. The maximum Gasteiger partial charge on any atom is 0.323 e. The zero-order valence-electron chi connectivity index (χ0n) is 12.7. The molecule has 8 heteroatoms. The molecule has 0 fully saturated rings. The zero-order chi connectivity index (χ0) is 17.0. The van der Waals surface area contributed by atoms with E-state index in [4.69, 9.17) is 4.74 Å². The van der Waals surface area contributed by atoms with E-state index in [-0.39, 0.29) is 6.42 Å². The Labute approximate surface area is 132 Å². The Morgan fingerprint density at radius 3 is 2.26 bits per heavy atom. The van der Waals surface area contributed by atoms with Gasteiger partial charge >= 0.3 is 11.9 Å². The monoisotopic (exact) mass is 319 g/mol. The smallest absolute Gasteiger partial charge is 0.323 e. The van der Waals surface area contributed by atoms with Crippen molar-refractivity contribution in [2.75, 3.05) is 7.11 Å². The topological polar surface area (TPSA) is 115 Å². The van der Waals surface area contributed by atoms with E-state index in [9.17, 15) is 19.8 Å². The zero-order valence-corrected chi connectivity index (χ0v) is 12.7. The summed E-state index contributed by atoms with van der Waals surface area (Å²) in [6.07, 6.45) is 2.43. The molecular weight excluding hydrogens is 302 g/mol. The normalized spacial score (nSPS) is 12.6. The molecule has 0 saturated carbocycles. The Hall–Kier alpha value is -2.90. The average Bonchev–Trinajstić information content (AvgIpc) is 3.05. The van der Waals surface area contributed by atoms with Crippen LogP contribution >= 0.6 is 0 Å². The first-order chi connectivity index (χ1) is 11.0. The summed E-state index contributed by atoms with van der Waals surface area (Å²) in [5.74, 6) is -2.27. The van der Waals surface area contributed by atoms with Gasteiger partial charge in [0.2, 0.25) is 0 Å². The van der Waals surface area contributed by atoms with Crippen LogP contribution in [0.15, 0.2) is 36.9 Å². The second kappa shape index (κ2) is 6.47. The SMILES string of the molecule is CCC(C(=O)O)(C(=O)O)C(c1ccc(OC)cc1)n1cncn1. The lowest BCUT2D eigenvalue weighted by molar-refractivity contribution is -0.168. The predicted molar refractivity (Wildman–Crippen MR) is 79.2 cm³/mol. The van der Waals surface area contributed by atoms with Gasteiger partial charge in [-0.05, 0) is 24.1 Å². The van der Waals surface area contributed by atoms with Crippen LogP contribution < -0.4 is 4.74 Å². The van der Waals surface area contributed by atoms with Crippen LogP contribution in [0.2, 0.25) is 0 Å². The van der Waals surface area contributed by atoms with Gasteiger partial charge in [0, 0.05) is 0 Å². The molecule has 0 saturated heterocycles. The number of methoxy groups -OCH3 is 1. The van der Waals surface area contributed by atoms with Crippen molar-refractivity contribution in [2.24, 2.45) is 5.41 Å². The number of aromatic nitrogens is 3. The number of carboxylic acid groups (broad SMARTS) is 2. The minimum Gasteiger partial charge on any atom is -0.497 e. The molecule has 0 spiro atoms. The van der Waals surface area contributed by atoms with Gasteiger partial charge in [-0.2, -0.15) is 5.10 Å². The first-order valence-electron chi connectivity index (χ1n) is 6.92. The summed E-state index contributed by atoms with van der Waals surface area (Å²) in [6, 6.07) is 5.49. The fourth-order valence-electron chi connectivity index (χ4n) is 2.62. The van der Waals surface area contributed by atoms with Crippen molar-refractivity contribution in [1.29, 1.82) is 0 Å². The van der Waals surface area contributed by atoms with E-state index in [1.807, 2.05) is 0 Å². The Balaban J connectivity index is 2.66. The highest BCUT2D eigenvalue weighted by molar-refractivity contribution is 5.99. The van der Waals surface area contributed by atoms with Crippen molar-refractivity contribution in [3.8, 4) is 5.75 Å². The van der Waals surface area contributed by atoms with Gasteiger partial charge in [0.1, 0.15) is 24.4 Å². The van der Waals surface area contributed by atoms with Crippen LogP contribution in [-0.4, -0.2) is 44.0 Å². The first-order valence-corrected chi connectivity index (χ1v) is 6.92. The molecule has 0 amide bonds. The van der Waals surface area contributed by atoms with Crippen LogP contribution in [0.1, 0.15) is 24.9 Å². The van der Waals surface area contributed by atoms with E-state index in [2.05, 4.69) is 10.1 Å². The average molecular weight is 319 g/mol. The summed E-state index contributed by atoms with van der Waals surface area (Å²) in [5.41, 5.74) is -1.58. The van der Waals surface area contributed by atoms with Gasteiger partial charge in [-0.1, -0.05) is 19.1 Å². The molecule has 23 heavy (non-hydrogen) atoms. The number of hydrogen-bond acceptors (Lipinski definition) is 5. The molecule has 1 atom stereocenters. The molecule has 1 aromatic heterocycles. The number of nitrogens with zero attached hydrogens (tertiary/aromatic N) is 3. The molecule has 2 N–H and O–H groups in total. The van der Waals surface area contributed by atoms with Crippen LogP contribution in [-0.2, 0) is 9.59 Å². The highest BCUT2D eigenvalue weighted by Gasteiger charge is 2.53. The molecule has 0 radical (unpaired) electrons. The summed E-state index contributed by atoms with van der Waals surface area (Å²) in [4.78, 5) is 27.5. The highest BCUT2D eigenvalue weighted by atomic mass is 16.5. The fourth-order valence-corrected chi connectivity index (χ4v) is 2.62. The highest BCUT2D eigenvalue weighted by Crippen LogP contribution is 2.41. The number of carbonyl (C=O) groups is 2. The van der Waals surface area contributed by atoms with Crippen LogP contribution in [0.4, 0.5) is 0 Å². The van der Waals surface area contributed by atoms with Gasteiger partial charge < -0.3 is 14.9 Å². The summed E-state index contributed by atoms with van der Waals surface area (Å²) < 4.78 is 6.34. The summed E-state index contributed by atoms with van der Waals surface area (Å²) >= 11 is 0. The molecule has 2 aromatic rings. The van der Waals surface area contributed by atoms with Gasteiger partial charge in [0.05, 0.1) is 7.11 Å². The molecule has 0 aliphatic rings. The van der Waals surface area contributed by atoms with Crippen LogP contribution in [0.3, 0.4) is 0 Å². The Kier molecular flexibility index (Phi) is 4.63. The van der Waals surface area contributed by atoms with E-state index >= 15 is 0 Å². The quantitative estimate of drug-likeness (QED) is 0.742. The number of hydrogen-bond donors (Lipinski definition) is 2. The van der Waals surface area contributed by atoms with Crippen LogP contribution in [0, 0.1) is 5.41 Å². The summed E-state index contributed by atoms with van der Waals surface area (Å²) in [6.45, 7) is 1.52. The minimum absolute atomic E-state index is 0.117. The van der Waals surface area contributed by atoms with E-state index in [0.29, 0.717) is 11.3 Å². The Morgan fingerprint density at radius 2 is 1.87 bits per heavy atom. The predicted octanol–water partition coefficient (Wildman–Crippen LogP) is 1.44. The Morgan fingerprint density at radius 1 is 1.26 bits per heavy atom. The molecule has 122 valence electrons. The third-order valence-electron chi connectivity index (χ3n) is 3.92. The van der Waals surface area contributed by atoms with E-state index in [0.717, 1.165) is 0 Å². The molecule has 1 unspecified atom stereocenters. The minimum atomic E-state index is -2.07. The van der Waals surface area contributed by atoms with Gasteiger partial charge in [0.25, 0.3) is 0 Å². The molecular formula is C15H17N3O5. The van der Waals surface area contributed by atoms with E-state index in [1.165, 1.54) is 31.4 Å². The molecule has 8 nitrogen and oxygen atoms in total. The molecule has 0 bridgehead atoms. The van der Waals surface area contributed by atoms with Crippen molar-refractivity contribution in [3.63, 3.8) is 0 Å². The Bertz CT molecular complexity index is 668. The van der Waals surface area contributed by atoms with Gasteiger partial charge in [-0.3, -0.25) is 9.59 Å². The van der Waals surface area contributed by atoms with E-state index < -0.39 is 23.4 Å². The number of carboxylic acids is 2. The number of rotatable bonds is 7. The maximum atomic E-state index is 11.9. The van der Waals surface area contributed by atoms with Crippen molar-refractivity contribution in [1.82, 2.24) is 14.8 Å². The third-order valence-corrected chi connectivity index (χ3v) is 3.92. The molecule has 0 aliphatic carbocycles. The second-order valence-electron chi connectivity index (χ2n) is 4.99. The van der Waals surface area contributed by atoms with Crippen LogP contribution in [0.5, 0.6) is 5.75 Å². The van der Waals surface area contributed by atoms with Crippen LogP contribution in [0.25, 0.3) is 0 Å². The number of benzene rings is 1. The van der Waals surface area contributed by atoms with Gasteiger partial charge in [-0.25, -0.2) is 9.67 Å².